The molecule has 1 aliphatic heterocycles. The van der Waals surface area contributed by atoms with Crippen LogP contribution in [0.15, 0.2) is 53.4 Å². The van der Waals surface area contributed by atoms with Gasteiger partial charge in [0.15, 0.2) is 6.61 Å². The molecule has 6 heteroatoms. The molecule has 1 amide bonds. The van der Waals surface area contributed by atoms with E-state index in [9.17, 15) is 9.59 Å². The molecule has 0 aliphatic carbocycles. The molecule has 1 aliphatic rings. The monoisotopic (exact) mass is 385 g/mol. The maximum Gasteiger partial charge on any atom is 0.339 e. The van der Waals surface area contributed by atoms with Gasteiger partial charge in [-0.15, -0.1) is 11.8 Å². The summed E-state index contributed by atoms with van der Waals surface area (Å²) in [7, 11) is 0. The number of thioether (sulfide) groups is 1. The number of nitrogens with one attached hydrogen (secondary N) is 1. The van der Waals surface area contributed by atoms with Gasteiger partial charge in [-0.05, 0) is 49.6 Å². The second kappa shape index (κ2) is 9.58. The molecule has 0 radical (unpaired) electrons. The van der Waals surface area contributed by atoms with Crippen LogP contribution < -0.4 is 5.32 Å². The van der Waals surface area contributed by atoms with Gasteiger partial charge < -0.3 is 14.8 Å². The molecule has 0 spiro atoms. The van der Waals surface area contributed by atoms with Crippen molar-refractivity contribution in [3.63, 3.8) is 0 Å². The maximum absolute atomic E-state index is 12.4. The Morgan fingerprint density at radius 2 is 2.07 bits per heavy atom. The molecular formula is C21H23NO4S. The van der Waals surface area contributed by atoms with Crippen LogP contribution in [0.1, 0.15) is 28.8 Å². The van der Waals surface area contributed by atoms with Crippen molar-refractivity contribution in [1.82, 2.24) is 0 Å². The lowest BCUT2D eigenvalue weighted by Crippen LogP contribution is -2.21. The Kier molecular flexibility index (Phi) is 6.90. The van der Waals surface area contributed by atoms with Gasteiger partial charge in [-0.1, -0.05) is 24.3 Å². The van der Waals surface area contributed by atoms with Crippen LogP contribution in [-0.4, -0.2) is 36.9 Å². The molecule has 3 rings (SSSR count). The van der Waals surface area contributed by atoms with E-state index < -0.39 is 5.97 Å². The number of carbonyl (C=O) groups excluding carboxylic acids is 2. The quantitative estimate of drug-likeness (QED) is 0.575. The van der Waals surface area contributed by atoms with E-state index in [0.29, 0.717) is 11.3 Å². The van der Waals surface area contributed by atoms with E-state index in [1.807, 2.05) is 37.3 Å². The van der Waals surface area contributed by atoms with Crippen LogP contribution in [0.2, 0.25) is 0 Å². The highest BCUT2D eigenvalue weighted by Gasteiger charge is 2.19. The molecule has 0 aromatic heterocycles. The highest BCUT2D eigenvalue weighted by molar-refractivity contribution is 7.99. The number of anilines is 1. The first-order valence-electron chi connectivity index (χ1n) is 8.99. The number of amides is 1. The van der Waals surface area contributed by atoms with Gasteiger partial charge in [-0.2, -0.15) is 0 Å². The number of esters is 1. The fourth-order valence-electron chi connectivity index (χ4n) is 2.85. The van der Waals surface area contributed by atoms with Crippen molar-refractivity contribution >= 4 is 29.3 Å². The van der Waals surface area contributed by atoms with Crippen LogP contribution in [-0.2, 0) is 14.3 Å². The Labute approximate surface area is 163 Å². The molecule has 0 saturated carbocycles. The SMILES string of the molecule is Cc1cccc(NC(=O)COC(=O)c2ccccc2SC[C@H]2CCCO2)c1. The molecule has 5 nitrogen and oxygen atoms in total. The topological polar surface area (TPSA) is 64.6 Å². The smallest absolute Gasteiger partial charge is 0.339 e. The van der Waals surface area contributed by atoms with Gasteiger partial charge in [-0.3, -0.25) is 4.79 Å². The van der Waals surface area contributed by atoms with Crippen LogP contribution >= 0.6 is 11.8 Å². The van der Waals surface area contributed by atoms with Crippen molar-refractivity contribution in [3.8, 4) is 0 Å². The zero-order valence-corrected chi connectivity index (χ0v) is 16.1. The largest absolute Gasteiger partial charge is 0.452 e. The molecule has 1 atom stereocenters. The number of hydrogen-bond acceptors (Lipinski definition) is 5. The summed E-state index contributed by atoms with van der Waals surface area (Å²) in [5.74, 6) is -0.0544. The van der Waals surface area contributed by atoms with Gasteiger partial charge in [0, 0.05) is 22.9 Å². The molecule has 1 fully saturated rings. The van der Waals surface area contributed by atoms with Crippen LogP contribution in [0.3, 0.4) is 0 Å². The second-order valence-electron chi connectivity index (χ2n) is 6.44. The lowest BCUT2D eigenvalue weighted by atomic mass is 10.2. The Hall–Kier alpha value is -2.31. The zero-order chi connectivity index (χ0) is 19.1. The van der Waals surface area contributed by atoms with Crippen LogP contribution in [0.25, 0.3) is 0 Å². The highest BCUT2D eigenvalue weighted by atomic mass is 32.2. The van der Waals surface area contributed by atoms with E-state index in [2.05, 4.69) is 5.32 Å². The summed E-state index contributed by atoms with van der Waals surface area (Å²) in [5.41, 5.74) is 2.20. The fraction of sp³-hybridized carbons (Fsp3) is 0.333. The third-order valence-electron chi connectivity index (χ3n) is 4.19. The maximum atomic E-state index is 12.4. The van der Waals surface area contributed by atoms with Gasteiger partial charge in [0.2, 0.25) is 0 Å². The number of rotatable bonds is 7. The summed E-state index contributed by atoms with van der Waals surface area (Å²) >= 11 is 1.58. The summed E-state index contributed by atoms with van der Waals surface area (Å²) in [5, 5.41) is 2.73. The van der Waals surface area contributed by atoms with Crippen molar-refractivity contribution in [3.05, 3.63) is 59.7 Å². The molecule has 1 heterocycles. The summed E-state index contributed by atoms with van der Waals surface area (Å²) < 4.78 is 10.8. The summed E-state index contributed by atoms with van der Waals surface area (Å²) in [6.07, 6.45) is 2.38. The van der Waals surface area contributed by atoms with E-state index >= 15 is 0 Å². The third-order valence-corrected chi connectivity index (χ3v) is 5.40. The highest BCUT2D eigenvalue weighted by Crippen LogP contribution is 2.27. The Morgan fingerprint density at radius 3 is 2.85 bits per heavy atom. The third kappa shape index (κ3) is 5.84. The summed E-state index contributed by atoms with van der Waals surface area (Å²) in [6.45, 7) is 2.43. The minimum Gasteiger partial charge on any atom is -0.452 e. The van der Waals surface area contributed by atoms with E-state index in [1.54, 1.807) is 30.0 Å². The molecule has 142 valence electrons. The molecular weight excluding hydrogens is 362 g/mol. The first-order chi connectivity index (χ1) is 13.1. The second-order valence-corrected chi connectivity index (χ2v) is 7.50. The lowest BCUT2D eigenvalue weighted by molar-refractivity contribution is -0.119. The molecule has 2 aromatic rings. The van der Waals surface area contributed by atoms with E-state index in [4.69, 9.17) is 9.47 Å². The molecule has 0 bridgehead atoms. The Balaban J connectivity index is 1.53. The minimum absolute atomic E-state index is 0.235. The van der Waals surface area contributed by atoms with Crippen LogP contribution in [0.4, 0.5) is 5.69 Å². The van der Waals surface area contributed by atoms with Gasteiger partial charge in [-0.25, -0.2) is 4.79 Å². The van der Waals surface area contributed by atoms with Crippen molar-refractivity contribution in [2.45, 2.75) is 30.8 Å². The summed E-state index contributed by atoms with van der Waals surface area (Å²) in [6, 6.07) is 14.8. The molecule has 0 unspecified atom stereocenters. The predicted molar refractivity (Wildman–Crippen MR) is 106 cm³/mol. The fourth-order valence-corrected chi connectivity index (χ4v) is 3.96. The molecule has 1 saturated heterocycles. The first kappa shape index (κ1) is 19.5. The molecule has 27 heavy (non-hydrogen) atoms. The van der Waals surface area contributed by atoms with Crippen LogP contribution in [0.5, 0.6) is 0 Å². The number of ether oxygens (including phenoxy) is 2. The lowest BCUT2D eigenvalue weighted by Gasteiger charge is -2.12. The van der Waals surface area contributed by atoms with E-state index in [-0.39, 0.29) is 18.6 Å². The molecule has 2 aromatic carbocycles. The van der Waals surface area contributed by atoms with Gasteiger partial charge in [0.05, 0.1) is 11.7 Å². The predicted octanol–water partition coefficient (Wildman–Crippen LogP) is 4.06. The number of benzene rings is 2. The van der Waals surface area contributed by atoms with Gasteiger partial charge in [0.25, 0.3) is 5.91 Å². The number of aryl methyl sites for hydroxylation is 1. The van der Waals surface area contributed by atoms with Crippen molar-refractivity contribution in [2.75, 3.05) is 24.3 Å². The van der Waals surface area contributed by atoms with Gasteiger partial charge in [0.1, 0.15) is 0 Å². The number of carbonyl (C=O) groups is 2. The van der Waals surface area contributed by atoms with Crippen molar-refractivity contribution < 1.29 is 19.1 Å². The van der Waals surface area contributed by atoms with E-state index in [1.165, 1.54) is 0 Å². The van der Waals surface area contributed by atoms with Crippen LogP contribution in [0, 0.1) is 6.92 Å². The standard InChI is InChI=1S/C21H23NO4S/c1-15-6-4-7-16(12-15)22-20(23)13-26-21(24)18-9-2-3-10-19(18)27-14-17-8-5-11-25-17/h2-4,6-7,9-10,12,17H,5,8,11,13-14H2,1H3,(H,22,23)/t17-/m1/s1. The number of hydrogen-bond donors (Lipinski definition) is 1. The van der Waals surface area contributed by atoms with Gasteiger partial charge >= 0.3 is 5.97 Å². The minimum atomic E-state index is -0.496. The summed E-state index contributed by atoms with van der Waals surface area (Å²) in [4.78, 5) is 25.3. The average molecular weight is 385 g/mol. The normalized spacial score (nSPS) is 16.1. The first-order valence-corrected chi connectivity index (χ1v) is 9.97. The average Bonchev–Trinajstić information content (AvgIpc) is 3.18. The zero-order valence-electron chi connectivity index (χ0n) is 15.3. The van der Waals surface area contributed by atoms with E-state index in [0.717, 1.165) is 35.7 Å². The molecule has 1 N–H and O–H groups in total. The Bertz CT molecular complexity index is 802. The van der Waals surface area contributed by atoms with Crippen molar-refractivity contribution in [1.29, 1.82) is 0 Å². The van der Waals surface area contributed by atoms with Crippen molar-refractivity contribution in [2.24, 2.45) is 0 Å². The Morgan fingerprint density at radius 1 is 1.22 bits per heavy atom.